The monoisotopic (exact) mass is 516 g/mol. The van der Waals surface area contributed by atoms with E-state index in [9.17, 15) is 13.2 Å². The van der Waals surface area contributed by atoms with Crippen LogP contribution in [0.2, 0.25) is 0 Å². The molecule has 32 heavy (non-hydrogen) atoms. The molecular formula is C24H25BrN2O4S. The zero-order valence-electron chi connectivity index (χ0n) is 17.8. The van der Waals surface area contributed by atoms with Crippen molar-refractivity contribution in [2.24, 2.45) is 0 Å². The first-order valence-electron chi connectivity index (χ1n) is 10.1. The number of hydrogen-bond acceptors (Lipinski definition) is 4. The molecule has 0 fully saturated rings. The first-order chi connectivity index (χ1) is 15.2. The van der Waals surface area contributed by atoms with Gasteiger partial charge in [-0.3, -0.25) is 4.79 Å². The molecule has 0 spiro atoms. The molecule has 0 heterocycles. The SMILES string of the molecule is C[C@H](NC(=O)COc1ccc(S(=O)(=O)N[C@@H](C)c2ccccc2)cc1)c1ccc(Br)cc1. The summed E-state index contributed by atoms with van der Waals surface area (Å²) >= 11 is 3.39. The lowest BCUT2D eigenvalue weighted by Gasteiger charge is -2.16. The molecule has 3 rings (SSSR count). The Kier molecular flexibility index (Phi) is 8.06. The number of benzene rings is 3. The van der Waals surface area contributed by atoms with Gasteiger partial charge in [0.1, 0.15) is 5.75 Å². The minimum absolute atomic E-state index is 0.126. The van der Waals surface area contributed by atoms with Gasteiger partial charge in [0, 0.05) is 10.5 Å². The van der Waals surface area contributed by atoms with E-state index in [0.717, 1.165) is 15.6 Å². The molecule has 0 aliphatic heterocycles. The molecule has 0 aromatic heterocycles. The second-order valence-corrected chi connectivity index (χ2v) is 9.98. The molecule has 0 saturated carbocycles. The van der Waals surface area contributed by atoms with Crippen LogP contribution in [0.4, 0.5) is 0 Å². The Morgan fingerprint density at radius 3 is 2.09 bits per heavy atom. The van der Waals surface area contributed by atoms with Crippen LogP contribution < -0.4 is 14.8 Å². The number of carbonyl (C=O) groups excluding carboxylic acids is 1. The van der Waals surface area contributed by atoms with Gasteiger partial charge in [-0.15, -0.1) is 0 Å². The number of nitrogens with one attached hydrogen (secondary N) is 2. The fourth-order valence-electron chi connectivity index (χ4n) is 3.09. The van der Waals surface area contributed by atoms with Gasteiger partial charge in [-0.1, -0.05) is 58.4 Å². The van der Waals surface area contributed by atoms with Gasteiger partial charge in [0.25, 0.3) is 5.91 Å². The van der Waals surface area contributed by atoms with Crippen molar-refractivity contribution in [1.82, 2.24) is 10.0 Å². The normalized spacial score (nSPS) is 13.2. The van der Waals surface area contributed by atoms with Gasteiger partial charge in [-0.2, -0.15) is 0 Å². The second kappa shape index (κ2) is 10.8. The summed E-state index contributed by atoms with van der Waals surface area (Å²) in [5.74, 6) is 0.141. The third-order valence-corrected chi connectivity index (χ3v) is 6.97. The molecule has 0 bridgehead atoms. The Bertz CT molecular complexity index is 1130. The van der Waals surface area contributed by atoms with Gasteiger partial charge in [-0.05, 0) is 61.4 Å². The third-order valence-electron chi connectivity index (χ3n) is 4.88. The smallest absolute Gasteiger partial charge is 0.258 e. The lowest BCUT2D eigenvalue weighted by Crippen LogP contribution is -2.31. The molecule has 0 unspecified atom stereocenters. The fourth-order valence-corrected chi connectivity index (χ4v) is 4.59. The van der Waals surface area contributed by atoms with Gasteiger partial charge in [0.15, 0.2) is 6.61 Å². The van der Waals surface area contributed by atoms with Gasteiger partial charge < -0.3 is 10.1 Å². The lowest BCUT2D eigenvalue weighted by atomic mass is 10.1. The summed E-state index contributed by atoms with van der Waals surface area (Å²) in [6.07, 6.45) is 0. The molecule has 2 atom stereocenters. The second-order valence-electron chi connectivity index (χ2n) is 7.35. The van der Waals surface area contributed by atoms with Crippen molar-refractivity contribution in [3.8, 4) is 5.75 Å². The van der Waals surface area contributed by atoms with Crippen LogP contribution >= 0.6 is 15.9 Å². The number of amides is 1. The van der Waals surface area contributed by atoms with Crippen molar-refractivity contribution in [3.05, 3.63) is 94.5 Å². The van der Waals surface area contributed by atoms with Crippen molar-refractivity contribution in [2.45, 2.75) is 30.8 Å². The van der Waals surface area contributed by atoms with Crippen LogP contribution in [0, 0.1) is 0 Å². The predicted octanol–water partition coefficient (Wildman–Crippen LogP) is 4.74. The predicted molar refractivity (Wildman–Crippen MR) is 128 cm³/mol. The first kappa shape index (κ1) is 24.0. The molecule has 0 radical (unpaired) electrons. The van der Waals surface area contributed by atoms with Crippen LogP contribution in [0.3, 0.4) is 0 Å². The summed E-state index contributed by atoms with van der Waals surface area (Å²) in [6.45, 7) is 3.51. The maximum atomic E-state index is 12.7. The number of carbonyl (C=O) groups is 1. The van der Waals surface area contributed by atoms with E-state index < -0.39 is 10.0 Å². The van der Waals surface area contributed by atoms with E-state index >= 15 is 0 Å². The van der Waals surface area contributed by atoms with Gasteiger partial charge in [0.05, 0.1) is 10.9 Å². The van der Waals surface area contributed by atoms with Crippen molar-refractivity contribution in [1.29, 1.82) is 0 Å². The minimum atomic E-state index is -3.69. The van der Waals surface area contributed by atoms with E-state index in [-0.39, 0.29) is 29.5 Å². The molecule has 3 aromatic rings. The lowest BCUT2D eigenvalue weighted by molar-refractivity contribution is -0.123. The minimum Gasteiger partial charge on any atom is -0.484 e. The summed E-state index contributed by atoms with van der Waals surface area (Å²) in [5.41, 5.74) is 1.85. The van der Waals surface area contributed by atoms with Crippen LogP contribution in [-0.2, 0) is 14.8 Å². The van der Waals surface area contributed by atoms with Gasteiger partial charge >= 0.3 is 0 Å². The van der Waals surface area contributed by atoms with Crippen molar-refractivity contribution >= 4 is 31.9 Å². The zero-order valence-corrected chi connectivity index (χ0v) is 20.2. The molecule has 8 heteroatoms. The topological polar surface area (TPSA) is 84.5 Å². The Labute approximate surface area is 197 Å². The number of hydrogen-bond donors (Lipinski definition) is 2. The molecule has 1 amide bonds. The third kappa shape index (κ3) is 6.66. The van der Waals surface area contributed by atoms with Crippen LogP contribution in [0.5, 0.6) is 5.75 Å². The summed E-state index contributed by atoms with van der Waals surface area (Å²) < 4.78 is 34.4. The van der Waals surface area contributed by atoms with Crippen LogP contribution in [0.15, 0.2) is 88.2 Å². The average molecular weight is 517 g/mol. The summed E-state index contributed by atoms with van der Waals surface area (Å²) in [4.78, 5) is 12.3. The Balaban J connectivity index is 1.53. The van der Waals surface area contributed by atoms with Gasteiger partial charge in [-0.25, -0.2) is 13.1 Å². The summed E-state index contributed by atoms with van der Waals surface area (Å²) in [6, 6.07) is 22.5. The van der Waals surface area contributed by atoms with Gasteiger partial charge in [0.2, 0.25) is 10.0 Å². The van der Waals surface area contributed by atoms with E-state index in [4.69, 9.17) is 4.74 Å². The highest BCUT2D eigenvalue weighted by molar-refractivity contribution is 9.10. The molecule has 168 valence electrons. The molecule has 0 saturated heterocycles. The quantitative estimate of drug-likeness (QED) is 0.429. The van der Waals surface area contributed by atoms with Crippen molar-refractivity contribution < 1.29 is 17.9 Å². The number of rotatable bonds is 9. The molecule has 0 aliphatic carbocycles. The first-order valence-corrected chi connectivity index (χ1v) is 12.4. The maximum Gasteiger partial charge on any atom is 0.258 e. The molecule has 0 aliphatic rings. The standard InChI is InChI=1S/C24H25BrN2O4S/c1-17(20-8-10-21(25)11-9-20)26-24(28)16-31-22-12-14-23(15-13-22)32(29,30)27-18(2)19-6-4-3-5-7-19/h3-15,17-18,27H,16H2,1-2H3,(H,26,28)/t17-,18-/m0/s1. The highest BCUT2D eigenvalue weighted by Gasteiger charge is 2.18. The van der Waals surface area contributed by atoms with E-state index in [1.54, 1.807) is 6.92 Å². The largest absolute Gasteiger partial charge is 0.484 e. The van der Waals surface area contributed by atoms with Crippen molar-refractivity contribution in [2.75, 3.05) is 6.61 Å². The summed E-state index contributed by atoms with van der Waals surface area (Å²) in [5, 5.41) is 2.87. The Hall–Kier alpha value is -2.68. The molecule has 3 aromatic carbocycles. The van der Waals surface area contributed by atoms with E-state index in [1.807, 2.05) is 61.5 Å². The Morgan fingerprint density at radius 1 is 0.875 bits per heavy atom. The summed E-state index contributed by atoms with van der Waals surface area (Å²) in [7, 11) is -3.69. The fraction of sp³-hybridized carbons (Fsp3) is 0.208. The highest BCUT2D eigenvalue weighted by Crippen LogP contribution is 2.20. The molecule has 2 N–H and O–H groups in total. The average Bonchev–Trinajstić information content (AvgIpc) is 2.78. The Morgan fingerprint density at radius 2 is 1.47 bits per heavy atom. The number of sulfonamides is 1. The van der Waals surface area contributed by atoms with Crippen LogP contribution in [0.1, 0.15) is 37.1 Å². The molecular weight excluding hydrogens is 492 g/mol. The van der Waals surface area contributed by atoms with Crippen LogP contribution in [-0.4, -0.2) is 20.9 Å². The maximum absolute atomic E-state index is 12.7. The highest BCUT2D eigenvalue weighted by atomic mass is 79.9. The van der Waals surface area contributed by atoms with E-state index in [2.05, 4.69) is 26.0 Å². The van der Waals surface area contributed by atoms with E-state index in [1.165, 1.54) is 24.3 Å². The molecule has 6 nitrogen and oxygen atoms in total. The van der Waals surface area contributed by atoms with E-state index in [0.29, 0.717) is 5.75 Å². The van der Waals surface area contributed by atoms with Crippen molar-refractivity contribution in [3.63, 3.8) is 0 Å². The number of halogens is 1. The zero-order chi connectivity index (χ0) is 23.1. The number of ether oxygens (including phenoxy) is 1. The van der Waals surface area contributed by atoms with Crippen LogP contribution in [0.25, 0.3) is 0 Å².